The van der Waals surface area contributed by atoms with Gasteiger partial charge in [0.25, 0.3) is 5.91 Å². The lowest BCUT2D eigenvalue weighted by Crippen LogP contribution is -2.46. The van der Waals surface area contributed by atoms with Crippen LogP contribution in [0.15, 0.2) is 53.4 Å². The topological polar surface area (TPSA) is 81.7 Å². The Kier molecular flexibility index (Phi) is 6.89. The van der Waals surface area contributed by atoms with Crippen LogP contribution in [0.2, 0.25) is 0 Å². The predicted molar refractivity (Wildman–Crippen MR) is 116 cm³/mol. The average Bonchev–Trinajstić information content (AvgIpc) is 2.74. The molecule has 1 amide bonds. The van der Waals surface area contributed by atoms with Crippen LogP contribution in [0, 0.1) is 0 Å². The number of piperazine rings is 1. The summed E-state index contributed by atoms with van der Waals surface area (Å²) in [4.78, 5) is 17.6. The van der Waals surface area contributed by atoms with Crippen LogP contribution in [0.25, 0.3) is 0 Å². The maximum Gasteiger partial charge on any atom is 0.255 e. The molecule has 1 saturated heterocycles. The van der Waals surface area contributed by atoms with Gasteiger partial charge in [0.1, 0.15) is 0 Å². The van der Waals surface area contributed by atoms with Crippen LogP contribution in [0.3, 0.4) is 0 Å². The third-order valence-electron chi connectivity index (χ3n) is 5.05. The van der Waals surface area contributed by atoms with E-state index in [9.17, 15) is 13.2 Å². The van der Waals surface area contributed by atoms with Crippen molar-refractivity contribution in [3.8, 4) is 0 Å². The average molecular weight is 417 g/mol. The largest absolute Gasteiger partial charge is 0.367 e. The van der Waals surface area contributed by atoms with Crippen LogP contribution in [0.1, 0.15) is 24.2 Å². The smallest absolute Gasteiger partial charge is 0.255 e. The number of carbonyl (C=O) groups excluding carboxylic acids is 1. The quantitative estimate of drug-likeness (QED) is 0.724. The molecular formula is C21H28N4O3S. The number of nitrogens with one attached hydrogen (secondary N) is 2. The summed E-state index contributed by atoms with van der Waals surface area (Å²) in [6.07, 6.45) is 0. The van der Waals surface area contributed by atoms with E-state index in [0.717, 1.165) is 44.1 Å². The first-order valence-corrected chi connectivity index (χ1v) is 11.4. The Labute approximate surface area is 172 Å². The predicted octanol–water partition coefficient (Wildman–Crippen LogP) is 2.38. The van der Waals surface area contributed by atoms with E-state index in [2.05, 4.69) is 26.8 Å². The van der Waals surface area contributed by atoms with Crippen molar-refractivity contribution in [1.82, 2.24) is 9.62 Å². The Morgan fingerprint density at radius 1 is 1.00 bits per heavy atom. The van der Waals surface area contributed by atoms with Gasteiger partial charge in [0.05, 0.1) is 16.3 Å². The first kappa shape index (κ1) is 21.3. The molecule has 1 fully saturated rings. The summed E-state index contributed by atoms with van der Waals surface area (Å²) in [5, 5.41) is 2.95. The SMILES string of the molecule is CCNS(=O)(=O)c1cccc(C(=O)Nc2ccccc2N2CCN(CC)CC2)c1. The number of para-hydroxylation sites is 2. The number of amides is 1. The molecule has 29 heavy (non-hydrogen) atoms. The number of benzene rings is 2. The van der Waals surface area contributed by atoms with Gasteiger partial charge in [-0.2, -0.15) is 0 Å². The summed E-state index contributed by atoms with van der Waals surface area (Å²) in [6, 6.07) is 13.8. The number of nitrogens with zero attached hydrogens (tertiary/aromatic N) is 2. The maximum absolute atomic E-state index is 12.8. The molecular weight excluding hydrogens is 388 g/mol. The minimum atomic E-state index is -3.62. The zero-order chi connectivity index (χ0) is 20.9. The Hall–Kier alpha value is -2.42. The zero-order valence-corrected chi connectivity index (χ0v) is 17.7. The number of hydrogen-bond acceptors (Lipinski definition) is 5. The fraction of sp³-hybridized carbons (Fsp3) is 0.381. The normalized spacial score (nSPS) is 15.3. The second-order valence-corrected chi connectivity index (χ2v) is 8.69. The van der Waals surface area contributed by atoms with E-state index in [-0.39, 0.29) is 17.3 Å². The molecule has 1 aliphatic rings. The molecule has 0 unspecified atom stereocenters. The van der Waals surface area contributed by atoms with Crippen LogP contribution in [-0.2, 0) is 10.0 Å². The van der Waals surface area contributed by atoms with Crippen molar-refractivity contribution in [2.75, 3.05) is 49.5 Å². The molecule has 0 saturated carbocycles. The molecule has 2 aromatic rings. The second-order valence-electron chi connectivity index (χ2n) is 6.92. The van der Waals surface area contributed by atoms with E-state index in [1.165, 1.54) is 12.1 Å². The van der Waals surface area contributed by atoms with Crippen LogP contribution in [-0.4, -0.2) is 58.5 Å². The van der Waals surface area contributed by atoms with Crippen molar-refractivity contribution in [2.45, 2.75) is 18.7 Å². The number of sulfonamides is 1. The molecule has 0 aliphatic carbocycles. The molecule has 3 rings (SSSR count). The third-order valence-corrected chi connectivity index (χ3v) is 6.60. The molecule has 0 atom stereocenters. The molecule has 1 heterocycles. The van der Waals surface area contributed by atoms with Crippen molar-refractivity contribution in [1.29, 1.82) is 0 Å². The highest BCUT2D eigenvalue weighted by Crippen LogP contribution is 2.27. The van der Waals surface area contributed by atoms with E-state index < -0.39 is 10.0 Å². The maximum atomic E-state index is 12.8. The summed E-state index contributed by atoms with van der Waals surface area (Å²) < 4.78 is 26.9. The fourth-order valence-electron chi connectivity index (χ4n) is 3.43. The van der Waals surface area contributed by atoms with Crippen molar-refractivity contribution in [3.05, 3.63) is 54.1 Å². The molecule has 2 aromatic carbocycles. The summed E-state index contributed by atoms with van der Waals surface area (Å²) in [7, 11) is -3.62. The van der Waals surface area contributed by atoms with Crippen LogP contribution in [0.4, 0.5) is 11.4 Å². The van der Waals surface area contributed by atoms with E-state index in [1.807, 2.05) is 24.3 Å². The molecule has 0 aromatic heterocycles. The van der Waals surface area contributed by atoms with Crippen LogP contribution in [0.5, 0.6) is 0 Å². The molecule has 2 N–H and O–H groups in total. The molecule has 156 valence electrons. The molecule has 8 heteroatoms. The van der Waals surface area contributed by atoms with Gasteiger partial charge in [-0.3, -0.25) is 4.79 Å². The first-order valence-electron chi connectivity index (χ1n) is 9.92. The number of rotatable bonds is 7. The molecule has 0 spiro atoms. The Balaban J connectivity index is 1.79. The van der Waals surface area contributed by atoms with E-state index >= 15 is 0 Å². The van der Waals surface area contributed by atoms with Gasteiger partial charge in [-0.15, -0.1) is 0 Å². The number of likely N-dealkylation sites (N-methyl/N-ethyl adjacent to an activating group) is 1. The minimum Gasteiger partial charge on any atom is -0.367 e. The third kappa shape index (κ3) is 5.14. The van der Waals surface area contributed by atoms with Gasteiger partial charge in [0.15, 0.2) is 0 Å². The summed E-state index contributed by atoms with van der Waals surface area (Å²) in [5.41, 5.74) is 2.00. The first-order chi connectivity index (χ1) is 13.9. The Morgan fingerprint density at radius 3 is 2.41 bits per heavy atom. The highest BCUT2D eigenvalue weighted by atomic mass is 32.2. The summed E-state index contributed by atoms with van der Waals surface area (Å²) in [6.45, 7) is 8.98. The van der Waals surface area contributed by atoms with Gasteiger partial charge in [-0.25, -0.2) is 13.1 Å². The number of carbonyl (C=O) groups is 1. The molecule has 0 radical (unpaired) electrons. The zero-order valence-electron chi connectivity index (χ0n) is 16.9. The molecule has 7 nitrogen and oxygen atoms in total. The summed E-state index contributed by atoms with van der Waals surface area (Å²) >= 11 is 0. The minimum absolute atomic E-state index is 0.0796. The van der Waals surface area contributed by atoms with Crippen LogP contribution < -0.4 is 14.9 Å². The van der Waals surface area contributed by atoms with Gasteiger partial charge < -0.3 is 15.1 Å². The lowest BCUT2D eigenvalue weighted by atomic mass is 10.1. The van der Waals surface area contributed by atoms with Crippen molar-refractivity contribution >= 4 is 27.3 Å². The van der Waals surface area contributed by atoms with Gasteiger partial charge in [-0.1, -0.05) is 32.0 Å². The number of hydrogen-bond donors (Lipinski definition) is 2. The second kappa shape index (κ2) is 9.39. The highest BCUT2D eigenvalue weighted by molar-refractivity contribution is 7.89. The highest BCUT2D eigenvalue weighted by Gasteiger charge is 2.20. The monoisotopic (exact) mass is 416 g/mol. The molecule has 0 bridgehead atoms. The van der Waals surface area contributed by atoms with Gasteiger partial charge in [0, 0.05) is 38.3 Å². The fourth-order valence-corrected chi connectivity index (χ4v) is 4.52. The van der Waals surface area contributed by atoms with Gasteiger partial charge in [0.2, 0.25) is 10.0 Å². The van der Waals surface area contributed by atoms with Crippen molar-refractivity contribution < 1.29 is 13.2 Å². The lowest BCUT2D eigenvalue weighted by molar-refractivity contribution is 0.102. The standard InChI is InChI=1S/C21H28N4O3S/c1-3-22-29(27,28)18-9-7-8-17(16-18)21(26)23-19-10-5-6-11-20(19)25-14-12-24(4-2)13-15-25/h5-11,16,22H,3-4,12-15H2,1-2H3,(H,23,26). The van der Waals surface area contributed by atoms with E-state index in [1.54, 1.807) is 19.1 Å². The van der Waals surface area contributed by atoms with Gasteiger partial charge in [-0.05, 0) is 36.9 Å². The van der Waals surface area contributed by atoms with Crippen molar-refractivity contribution in [2.24, 2.45) is 0 Å². The van der Waals surface area contributed by atoms with Crippen LogP contribution >= 0.6 is 0 Å². The Bertz CT molecular complexity index is 954. The van der Waals surface area contributed by atoms with E-state index in [4.69, 9.17) is 0 Å². The number of anilines is 2. The lowest BCUT2D eigenvalue weighted by Gasteiger charge is -2.36. The van der Waals surface area contributed by atoms with E-state index in [0.29, 0.717) is 5.56 Å². The molecule has 1 aliphatic heterocycles. The van der Waals surface area contributed by atoms with Gasteiger partial charge >= 0.3 is 0 Å². The summed E-state index contributed by atoms with van der Waals surface area (Å²) in [5.74, 6) is -0.335. The van der Waals surface area contributed by atoms with Crippen molar-refractivity contribution in [3.63, 3.8) is 0 Å². The Morgan fingerprint density at radius 2 is 1.72 bits per heavy atom.